The first-order chi connectivity index (χ1) is 8.51. The average molecular weight is 262 g/mol. The van der Waals surface area contributed by atoms with Crippen molar-refractivity contribution in [3.63, 3.8) is 0 Å². The molecule has 102 valence electrons. The molecule has 0 radical (unpaired) electrons. The Morgan fingerprint density at radius 2 is 1.78 bits per heavy atom. The molecule has 0 atom stereocenters. The third-order valence-corrected chi connectivity index (χ3v) is 2.22. The van der Waals surface area contributed by atoms with E-state index >= 15 is 0 Å². The number of halogens is 3. The highest BCUT2D eigenvalue weighted by Crippen LogP contribution is 2.22. The molecule has 1 rings (SSSR count). The van der Waals surface area contributed by atoms with Crippen molar-refractivity contribution in [2.24, 2.45) is 0 Å². The van der Waals surface area contributed by atoms with Gasteiger partial charge in [-0.25, -0.2) is 9.97 Å². The van der Waals surface area contributed by atoms with Crippen LogP contribution in [0.1, 0.15) is 26.2 Å². The second-order valence-corrected chi connectivity index (χ2v) is 3.82. The van der Waals surface area contributed by atoms with Crippen LogP contribution in [0, 0.1) is 0 Å². The van der Waals surface area contributed by atoms with E-state index in [9.17, 15) is 13.2 Å². The van der Waals surface area contributed by atoms with Crippen LogP contribution in [0.4, 0.5) is 24.8 Å². The van der Waals surface area contributed by atoms with Crippen LogP contribution in [-0.4, -0.2) is 29.2 Å². The van der Waals surface area contributed by atoms with Crippen LogP contribution in [0.2, 0.25) is 0 Å². The number of nitrogens with one attached hydrogen (secondary N) is 2. The lowest BCUT2D eigenvalue weighted by atomic mass is 10.2. The first-order valence-electron chi connectivity index (χ1n) is 5.88. The molecule has 0 aromatic carbocycles. The van der Waals surface area contributed by atoms with Crippen molar-refractivity contribution in [3.05, 3.63) is 12.4 Å². The molecule has 0 bridgehead atoms. The fraction of sp³-hybridized carbons (Fsp3) is 0.636. The summed E-state index contributed by atoms with van der Waals surface area (Å²) >= 11 is 0. The van der Waals surface area contributed by atoms with Crippen molar-refractivity contribution in [1.29, 1.82) is 0 Å². The highest BCUT2D eigenvalue weighted by molar-refractivity contribution is 5.46. The smallest absolute Gasteiger partial charge is 0.370 e. The lowest BCUT2D eigenvalue weighted by Crippen LogP contribution is -2.09. The van der Waals surface area contributed by atoms with Crippen molar-refractivity contribution in [2.75, 3.05) is 23.7 Å². The largest absolute Gasteiger partial charge is 0.389 e. The third kappa shape index (κ3) is 6.27. The normalized spacial score (nSPS) is 11.3. The maximum Gasteiger partial charge on any atom is 0.389 e. The first-order valence-corrected chi connectivity index (χ1v) is 5.88. The van der Waals surface area contributed by atoms with Crippen molar-refractivity contribution in [3.8, 4) is 0 Å². The molecule has 0 unspecified atom stereocenters. The number of hydrogen-bond acceptors (Lipinski definition) is 4. The summed E-state index contributed by atoms with van der Waals surface area (Å²) in [4.78, 5) is 7.98. The molecule has 0 aliphatic carbocycles. The molecule has 2 N–H and O–H groups in total. The van der Waals surface area contributed by atoms with Gasteiger partial charge in [-0.2, -0.15) is 13.2 Å². The zero-order valence-electron chi connectivity index (χ0n) is 10.2. The Labute approximate surface area is 104 Å². The van der Waals surface area contributed by atoms with Crippen LogP contribution in [0.25, 0.3) is 0 Å². The predicted octanol–water partition coefficient (Wildman–Crippen LogP) is 3.05. The molecule has 4 nitrogen and oxygen atoms in total. The van der Waals surface area contributed by atoms with Gasteiger partial charge in [0.05, 0.1) is 0 Å². The fourth-order valence-corrected chi connectivity index (χ4v) is 1.40. The highest BCUT2D eigenvalue weighted by atomic mass is 19.4. The first kappa shape index (κ1) is 14.5. The molecule has 0 fully saturated rings. The minimum Gasteiger partial charge on any atom is -0.370 e. The third-order valence-electron chi connectivity index (χ3n) is 2.22. The monoisotopic (exact) mass is 262 g/mol. The van der Waals surface area contributed by atoms with Gasteiger partial charge in [0.25, 0.3) is 0 Å². The van der Waals surface area contributed by atoms with Gasteiger partial charge < -0.3 is 10.6 Å². The highest BCUT2D eigenvalue weighted by Gasteiger charge is 2.25. The van der Waals surface area contributed by atoms with E-state index in [2.05, 4.69) is 20.6 Å². The molecular formula is C11H17F3N4. The SMILES string of the molecule is CCNc1cc(NCCCCC(F)(F)F)ncn1. The van der Waals surface area contributed by atoms with E-state index in [1.54, 1.807) is 6.07 Å². The van der Waals surface area contributed by atoms with E-state index < -0.39 is 12.6 Å². The van der Waals surface area contributed by atoms with Gasteiger partial charge in [0.1, 0.15) is 18.0 Å². The summed E-state index contributed by atoms with van der Waals surface area (Å²) in [6, 6.07) is 1.73. The van der Waals surface area contributed by atoms with E-state index in [4.69, 9.17) is 0 Å². The number of alkyl halides is 3. The molecule has 0 aliphatic rings. The van der Waals surface area contributed by atoms with E-state index in [-0.39, 0.29) is 6.42 Å². The average Bonchev–Trinajstić information content (AvgIpc) is 2.28. The Hall–Kier alpha value is -1.53. The van der Waals surface area contributed by atoms with Gasteiger partial charge in [-0.05, 0) is 19.8 Å². The van der Waals surface area contributed by atoms with Crippen molar-refractivity contribution < 1.29 is 13.2 Å². The van der Waals surface area contributed by atoms with Gasteiger partial charge in [-0.3, -0.25) is 0 Å². The second kappa shape index (κ2) is 7.03. The fourth-order valence-electron chi connectivity index (χ4n) is 1.40. The van der Waals surface area contributed by atoms with Crippen molar-refractivity contribution >= 4 is 11.6 Å². The van der Waals surface area contributed by atoms with Gasteiger partial charge in [0.2, 0.25) is 0 Å². The number of aromatic nitrogens is 2. The van der Waals surface area contributed by atoms with Gasteiger partial charge in [-0.15, -0.1) is 0 Å². The molecule has 1 aromatic heterocycles. The summed E-state index contributed by atoms with van der Waals surface area (Å²) in [6.45, 7) is 3.17. The Morgan fingerprint density at radius 3 is 2.39 bits per heavy atom. The number of rotatable bonds is 7. The molecule has 0 saturated heterocycles. The zero-order chi connectivity index (χ0) is 13.4. The Kier molecular flexibility index (Phi) is 5.67. The van der Waals surface area contributed by atoms with Gasteiger partial charge >= 0.3 is 6.18 Å². The summed E-state index contributed by atoms with van der Waals surface area (Å²) in [5.41, 5.74) is 0. The minimum atomic E-state index is -4.06. The molecule has 18 heavy (non-hydrogen) atoms. The van der Waals surface area contributed by atoms with E-state index in [0.717, 1.165) is 6.54 Å². The number of nitrogens with zero attached hydrogens (tertiary/aromatic N) is 2. The van der Waals surface area contributed by atoms with Crippen LogP contribution in [0.3, 0.4) is 0 Å². The molecule has 1 aromatic rings. The van der Waals surface area contributed by atoms with Crippen molar-refractivity contribution in [1.82, 2.24) is 9.97 Å². The standard InChI is InChI=1S/C11H17F3N4/c1-2-15-9-7-10(18-8-17-9)16-6-4-3-5-11(12,13)14/h7-8H,2-6H2,1H3,(H2,15,16,17,18). The van der Waals surface area contributed by atoms with Gasteiger partial charge in [0.15, 0.2) is 0 Å². The van der Waals surface area contributed by atoms with Crippen LogP contribution in [0.5, 0.6) is 0 Å². The second-order valence-electron chi connectivity index (χ2n) is 3.82. The Morgan fingerprint density at radius 1 is 1.11 bits per heavy atom. The summed E-state index contributed by atoms with van der Waals surface area (Å²) < 4.78 is 35.7. The molecule has 0 aliphatic heterocycles. The lowest BCUT2D eigenvalue weighted by molar-refractivity contribution is -0.135. The van der Waals surface area contributed by atoms with Crippen LogP contribution in [-0.2, 0) is 0 Å². The number of hydrogen-bond donors (Lipinski definition) is 2. The van der Waals surface area contributed by atoms with Gasteiger partial charge in [0, 0.05) is 25.6 Å². The topological polar surface area (TPSA) is 49.8 Å². The Bertz CT molecular complexity index is 354. The minimum absolute atomic E-state index is 0.127. The molecular weight excluding hydrogens is 245 g/mol. The van der Waals surface area contributed by atoms with E-state index in [1.807, 2.05) is 6.92 Å². The van der Waals surface area contributed by atoms with Gasteiger partial charge in [-0.1, -0.05) is 0 Å². The lowest BCUT2D eigenvalue weighted by Gasteiger charge is -2.08. The number of unbranched alkanes of at least 4 members (excludes halogenated alkanes) is 1. The zero-order valence-corrected chi connectivity index (χ0v) is 10.2. The summed E-state index contributed by atoms with van der Waals surface area (Å²) in [5, 5.41) is 6.00. The maximum absolute atomic E-state index is 11.9. The molecule has 7 heteroatoms. The molecule has 0 saturated carbocycles. The summed E-state index contributed by atoms with van der Waals surface area (Å²) in [7, 11) is 0. The Balaban J connectivity index is 2.24. The van der Waals surface area contributed by atoms with Crippen molar-refractivity contribution in [2.45, 2.75) is 32.4 Å². The molecule has 1 heterocycles. The van der Waals surface area contributed by atoms with E-state index in [0.29, 0.717) is 24.6 Å². The van der Waals surface area contributed by atoms with Crippen LogP contribution < -0.4 is 10.6 Å². The molecule has 0 spiro atoms. The van der Waals surface area contributed by atoms with E-state index in [1.165, 1.54) is 6.33 Å². The summed E-state index contributed by atoms with van der Waals surface area (Å²) in [5.74, 6) is 1.32. The summed E-state index contributed by atoms with van der Waals surface area (Å²) in [6.07, 6.45) is -2.80. The number of anilines is 2. The quantitative estimate of drug-likeness (QED) is 0.741. The van der Waals surface area contributed by atoms with Crippen LogP contribution >= 0.6 is 0 Å². The van der Waals surface area contributed by atoms with Crippen LogP contribution in [0.15, 0.2) is 12.4 Å². The predicted molar refractivity (Wildman–Crippen MR) is 64.6 cm³/mol. The maximum atomic E-state index is 11.9. The molecule has 0 amide bonds.